The fraction of sp³-hybridized carbons (Fsp3) is 0.304. The lowest BCUT2D eigenvalue weighted by Gasteiger charge is -2.15. The van der Waals surface area contributed by atoms with E-state index in [2.05, 4.69) is 27.8 Å². The number of ether oxygens (including phenoxy) is 2. The summed E-state index contributed by atoms with van der Waals surface area (Å²) in [6.07, 6.45) is 5.94. The van der Waals surface area contributed by atoms with Crippen molar-refractivity contribution in [2.75, 3.05) is 19.7 Å². The molecule has 1 saturated heterocycles. The van der Waals surface area contributed by atoms with Gasteiger partial charge in [-0.25, -0.2) is 4.98 Å². The number of aromatic nitrogens is 2. The highest BCUT2D eigenvalue weighted by atomic mass is 16.5. The van der Waals surface area contributed by atoms with E-state index in [1.54, 1.807) is 6.20 Å². The van der Waals surface area contributed by atoms with E-state index in [9.17, 15) is 4.79 Å². The third kappa shape index (κ3) is 3.63. The second-order valence-corrected chi connectivity index (χ2v) is 7.47. The van der Waals surface area contributed by atoms with Crippen molar-refractivity contribution < 1.29 is 14.3 Å². The topological polar surface area (TPSA) is 56.6 Å². The highest BCUT2D eigenvalue weighted by molar-refractivity contribution is 5.78. The predicted octanol–water partition coefficient (Wildman–Crippen LogP) is 3.57. The molecule has 6 heteroatoms. The van der Waals surface area contributed by atoms with Crippen LogP contribution in [0.5, 0.6) is 5.75 Å². The van der Waals surface area contributed by atoms with Crippen molar-refractivity contribution >= 4 is 5.91 Å². The van der Waals surface area contributed by atoms with Crippen LogP contribution in [0.1, 0.15) is 24.0 Å². The number of benzene rings is 2. The van der Waals surface area contributed by atoms with Crippen LogP contribution in [0.3, 0.4) is 0 Å². The minimum absolute atomic E-state index is 0.0581. The van der Waals surface area contributed by atoms with Crippen molar-refractivity contribution in [2.45, 2.75) is 26.1 Å². The number of carbonyl (C=O) groups excluding carboxylic acids is 1. The molecule has 5 rings (SSSR count). The molecule has 0 N–H and O–H groups in total. The lowest BCUT2D eigenvalue weighted by molar-refractivity contribution is -0.132. The van der Waals surface area contributed by atoms with Gasteiger partial charge < -0.3 is 14.4 Å². The molecule has 0 unspecified atom stereocenters. The molecule has 1 fully saturated rings. The minimum Gasteiger partial charge on any atom is -0.484 e. The second-order valence-electron chi connectivity index (χ2n) is 7.47. The first-order valence-electron chi connectivity index (χ1n) is 10.0. The fourth-order valence-electron chi connectivity index (χ4n) is 3.94. The number of carbonyl (C=O) groups is 1. The van der Waals surface area contributed by atoms with Gasteiger partial charge in [-0.2, -0.15) is 0 Å². The van der Waals surface area contributed by atoms with E-state index >= 15 is 0 Å². The van der Waals surface area contributed by atoms with Gasteiger partial charge in [-0.05, 0) is 60.4 Å². The van der Waals surface area contributed by atoms with E-state index < -0.39 is 0 Å². The average molecular weight is 389 g/mol. The Balaban J connectivity index is 1.31. The Morgan fingerprint density at radius 3 is 2.66 bits per heavy atom. The van der Waals surface area contributed by atoms with Crippen LogP contribution in [0.2, 0.25) is 0 Å². The standard InChI is InChI=1S/C23H23N3O3/c27-22(25-10-1-2-11-25)16-29-21-7-4-17(5-8-21)23-24-9-12-26(23)20-6-3-18-14-28-15-19(18)13-20/h3-9,12-13H,1-2,10-11,14-16H2. The first-order chi connectivity index (χ1) is 14.3. The van der Waals surface area contributed by atoms with E-state index in [0.717, 1.165) is 43.0 Å². The summed E-state index contributed by atoms with van der Waals surface area (Å²) in [6.45, 7) is 3.13. The van der Waals surface area contributed by atoms with Gasteiger partial charge in [-0.1, -0.05) is 6.07 Å². The third-order valence-corrected chi connectivity index (χ3v) is 5.56. The Hall–Kier alpha value is -3.12. The molecule has 148 valence electrons. The molecular weight excluding hydrogens is 366 g/mol. The molecule has 3 heterocycles. The van der Waals surface area contributed by atoms with Gasteiger partial charge in [0.05, 0.1) is 13.2 Å². The number of hydrogen-bond donors (Lipinski definition) is 0. The van der Waals surface area contributed by atoms with Crippen LogP contribution < -0.4 is 4.74 Å². The van der Waals surface area contributed by atoms with Crippen LogP contribution in [0.25, 0.3) is 17.1 Å². The summed E-state index contributed by atoms with van der Waals surface area (Å²) in [4.78, 5) is 18.5. The van der Waals surface area contributed by atoms with E-state index in [-0.39, 0.29) is 12.5 Å². The van der Waals surface area contributed by atoms with Crippen LogP contribution in [0, 0.1) is 0 Å². The van der Waals surface area contributed by atoms with E-state index in [1.807, 2.05) is 35.4 Å². The van der Waals surface area contributed by atoms with Gasteiger partial charge in [0, 0.05) is 36.7 Å². The van der Waals surface area contributed by atoms with Crippen molar-refractivity contribution in [1.82, 2.24) is 14.5 Å². The second kappa shape index (κ2) is 7.72. The zero-order valence-corrected chi connectivity index (χ0v) is 16.2. The molecule has 2 aromatic carbocycles. The number of rotatable bonds is 5. The van der Waals surface area contributed by atoms with Crippen molar-refractivity contribution in [3.05, 3.63) is 66.0 Å². The molecule has 2 aliphatic heterocycles. The smallest absolute Gasteiger partial charge is 0.260 e. The number of fused-ring (bicyclic) bond motifs is 1. The van der Waals surface area contributed by atoms with Crippen molar-refractivity contribution in [3.63, 3.8) is 0 Å². The molecule has 0 bridgehead atoms. The minimum atomic E-state index is 0.0581. The Bertz CT molecular complexity index is 1020. The molecule has 0 radical (unpaired) electrons. The van der Waals surface area contributed by atoms with Gasteiger partial charge in [0.2, 0.25) is 0 Å². The SMILES string of the molecule is O=C(COc1ccc(-c2nccn2-c2ccc3c(c2)COC3)cc1)N1CCCC1. The van der Waals surface area contributed by atoms with Crippen LogP contribution in [0.15, 0.2) is 54.9 Å². The summed E-state index contributed by atoms with van der Waals surface area (Å²) in [6, 6.07) is 14.1. The zero-order chi connectivity index (χ0) is 19.6. The van der Waals surface area contributed by atoms with Gasteiger partial charge in [0.1, 0.15) is 11.6 Å². The van der Waals surface area contributed by atoms with Crippen molar-refractivity contribution in [3.8, 4) is 22.8 Å². The van der Waals surface area contributed by atoms with Crippen LogP contribution in [0.4, 0.5) is 0 Å². The number of likely N-dealkylation sites (tertiary alicyclic amines) is 1. The molecule has 1 amide bonds. The first kappa shape index (κ1) is 17.9. The summed E-state index contributed by atoms with van der Waals surface area (Å²) in [5.41, 5.74) is 4.54. The highest BCUT2D eigenvalue weighted by Crippen LogP contribution is 2.27. The first-order valence-corrected chi connectivity index (χ1v) is 10.0. The molecule has 2 aliphatic rings. The Labute approximate surface area is 169 Å². The maximum atomic E-state index is 12.1. The van der Waals surface area contributed by atoms with Gasteiger partial charge in [0.25, 0.3) is 5.91 Å². The quantitative estimate of drug-likeness (QED) is 0.669. The third-order valence-electron chi connectivity index (χ3n) is 5.56. The summed E-state index contributed by atoms with van der Waals surface area (Å²) >= 11 is 0. The van der Waals surface area contributed by atoms with E-state index in [4.69, 9.17) is 9.47 Å². The molecule has 29 heavy (non-hydrogen) atoms. The molecule has 1 aromatic heterocycles. The van der Waals surface area contributed by atoms with E-state index in [0.29, 0.717) is 19.0 Å². The van der Waals surface area contributed by atoms with Gasteiger partial charge in [-0.3, -0.25) is 9.36 Å². The van der Waals surface area contributed by atoms with E-state index in [1.165, 1.54) is 11.1 Å². The number of nitrogens with zero attached hydrogens (tertiary/aromatic N) is 3. The molecule has 0 atom stereocenters. The lowest BCUT2D eigenvalue weighted by Crippen LogP contribution is -2.32. The fourth-order valence-corrected chi connectivity index (χ4v) is 3.94. The van der Waals surface area contributed by atoms with Crippen LogP contribution >= 0.6 is 0 Å². The molecule has 0 spiro atoms. The number of amides is 1. The molecule has 0 saturated carbocycles. The monoisotopic (exact) mass is 389 g/mol. The zero-order valence-electron chi connectivity index (χ0n) is 16.2. The maximum absolute atomic E-state index is 12.1. The van der Waals surface area contributed by atoms with Crippen LogP contribution in [-0.4, -0.2) is 40.1 Å². The van der Waals surface area contributed by atoms with Gasteiger partial charge in [-0.15, -0.1) is 0 Å². The number of imidazole rings is 1. The summed E-state index contributed by atoms with van der Waals surface area (Å²) in [5, 5.41) is 0. The maximum Gasteiger partial charge on any atom is 0.260 e. The summed E-state index contributed by atoms with van der Waals surface area (Å²) < 4.78 is 13.3. The normalized spacial score (nSPS) is 15.5. The molecule has 6 nitrogen and oxygen atoms in total. The Morgan fingerprint density at radius 2 is 1.83 bits per heavy atom. The number of hydrogen-bond acceptors (Lipinski definition) is 4. The van der Waals surface area contributed by atoms with Crippen LogP contribution in [-0.2, 0) is 22.7 Å². The van der Waals surface area contributed by atoms with Gasteiger partial charge in [0.15, 0.2) is 6.61 Å². The largest absolute Gasteiger partial charge is 0.484 e. The molecule has 0 aliphatic carbocycles. The Kier molecular flexibility index (Phi) is 4.77. The molecular formula is C23H23N3O3. The van der Waals surface area contributed by atoms with Gasteiger partial charge >= 0.3 is 0 Å². The van der Waals surface area contributed by atoms with Crippen molar-refractivity contribution in [2.24, 2.45) is 0 Å². The summed E-state index contributed by atoms with van der Waals surface area (Å²) in [7, 11) is 0. The van der Waals surface area contributed by atoms with Crippen molar-refractivity contribution in [1.29, 1.82) is 0 Å². The average Bonchev–Trinajstić information content (AvgIpc) is 3.53. The highest BCUT2D eigenvalue weighted by Gasteiger charge is 2.18. The predicted molar refractivity (Wildman–Crippen MR) is 109 cm³/mol. The molecule has 3 aromatic rings. The lowest BCUT2D eigenvalue weighted by atomic mass is 10.1. The summed E-state index contributed by atoms with van der Waals surface area (Å²) in [5.74, 6) is 1.61. The Morgan fingerprint density at radius 1 is 1.03 bits per heavy atom.